The zero-order chi connectivity index (χ0) is 14.1. The van der Waals surface area contributed by atoms with Gasteiger partial charge in [-0.05, 0) is 12.1 Å². The monoisotopic (exact) mass is 308 g/mol. The summed E-state index contributed by atoms with van der Waals surface area (Å²) < 4.78 is 15.7. The molecule has 1 aromatic rings. The van der Waals surface area contributed by atoms with Crippen LogP contribution in [0.2, 0.25) is 10.0 Å². The highest BCUT2D eigenvalue weighted by Crippen LogP contribution is 2.32. The summed E-state index contributed by atoms with van der Waals surface area (Å²) in [5.41, 5.74) is 0.581. The predicted molar refractivity (Wildman–Crippen MR) is 75.2 cm³/mol. The maximum Gasteiger partial charge on any atom is 0.143 e. The molecule has 0 radical (unpaired) electrons. The Bertz CT molecular complexity index is 385. The Labute approximate surface area is 123 Å². The molecule has 6 heteroatoms. The van der Waals surface area contributed by atoms with Crippen molar-refractivity contribution in [2.24, 2.45) is 0 Å². The molecular weight excluding hydrogens is 291 g/mol. The Morgan fingerprint density at radius 3 is 2.58 bits per heavy atom. The van der Waals surface area contributed by atoms with Crippen molar-refractivity contribution in [2.45, 2.75) is 13.0 Å². The fourth-order valence-corrected chi connectivity index (χ4v) is 2.06. The van der Waals surface area contributed by atoms with Gasteiger partial charge >= 0.3 is 0 Å². The van der Waals surface area contributed by atoms with E-state index >= 15 is 0 Å². The maximum atomic E-state index is 9.23. The quantitative estimate of drug-likeness (QED) is 0.713. The fourth-order valence-electron chi connectivity index (χ4n) is 1.47. The van der Waals surface area contributed by atoms with Crippen molar-refractivity contribution in [3.63, 3.8) is 0 Å². The Balaban J connectivity index is 2.36. The summed E-state index contributed by atoms with van der Waals surface area (Å²) in [6.07, 6.45) is 0.730. The number of rotatable bonds is 9. The first-order chi connectivity index (χ1) is 9.19. The van der Waals surface area contributed by atoms with Crippen LogP contribution < -0.4 is 4.74 Å². The number of ether oxygens (including phenoxy) is 3. The van der Waals surface area contributed by atoms with Gasteiger partial charge in [0.2, 0.25) is 0 Å². The summed E-state index contributed by atoms with van der Waals surface area (Å²) in [6.45, 7) is 2.03. The zero-order valence-electron chi connectivity index (χ0n) is 10.8. The van der Waals surface area contributed by atoms with E-state index in [0.717, 1.165) is 6.42 Å². The molecule has 1 rings (SSSR count). The van der Waals surface area contributed by atoms with E-state index in [2.05, 4.69) is 0 Å². The van der Waals surface area contributed by atoms with Crippen molar-refractivity contribution in [1.82, 2.24) is 0 Å². The predicted octanol–water partition coefficient (Wildman–Crippen LogP) is 2.92. The van der Waals surface area contributed by atoms with Gasteiger partial charge in [-0.25, -0.2) is 0 Å². The van der Waals surface area contributed by atoms with Crippen LogP contribution in [0.4, 0.5) is 0 Å². The molecule has 1 aromatic carbocycles. The van der Waals surface area contributed by atoms with Crippen molar-refractivity contribution in [2.75, 3.05) is 33.5 Å². The lowest BCUT2D eigenvalue weighted by Crippen LogP contribution is -2.07. The molecule has 19 heavy (non-hydrogen) atoms. The van der Waals surface area contributed by atoms with Crippen LogP contribution in [0.15, 0.2) is 12.1 Å². The molecule has 0 aliphatic heterocycles. The van der Waals surface area contributed by atoms with E-state index in [9.17, 15) is 5.11 Å². The Kier molecular flexibility index (Phi) is 8.18. The van der Waals surface area contributed by atoms with E-state index in [0.29, 0.717) is 47.8 Å². The van der Waals surface area contributed by atoms with E-state index in [1.165, 1.54) is 0 Å². The first kappa shape index (κ1) is 16.5. The lowest BCUT2D eigenvalue weighted by molar-refractivity contribution is 0.0643. The molecule has 0 atom stereocenters. The van der Waals surface area contributed by atoms with Crippen LogP contribution >= 0.6 is 23.2 Å². The lowest BCUT2D eigenvalue weighted by atomic mass is 10.2. The third-order valence-electron chi connectivity index (χ3n) is 2.37. The number of hydrogen-bond donors (Lipinski definition) is 1. The van der Waals surface area contributed by atoms with E-state index in [4.69, 9.17) is 37.4 Å². The first-order valence-corrected chi connectivity index (χ1v) is 6.73. The third-order valence-corrected chi connectivity index (χ3v) is 2.87. The molecule has 0 aromatic heterocycles. The van der Waals surface area contributed by atoms with Crippen molar-refractivity contribution in [1.29, 1.82) is 0 Å². The van der Waals surface area contributed by atoms with Crippen molar-refractivity contribution < 1.29 is 19.3 Å². The SMILES string of the molecule is COCCOCCCOc1c(Cl)cc(Cl)cc1CO. The standard InChI is InChI=1S/C13H18Cl2O4/c1-17-5-6-18-3-2-4-19-13-10(9-16)7-11(14)8-12(13)15/h7-8,16H,2-6,9H2,1H3. The number of hydrogen-bond acceptors (Lipinski definition) is 4. The van der Waals surface area contributed by atoms with Crippen LogP contribution in [0.3, 0.4) is 0 Å². The Morgan fingerprint density at radius 2 is 1.89 bits per heavy atom. The second-order valence-corrected chi connectivity index (χ2v) is 4.68. The van der Waals surface area contributed by atoms with Crippen LogP contribution in [0.5, 0.6) is 5.75 Å². The topological polar surface area (TPSA) is 47.9 Å². The van der Waals surface area contributed by atoms with Crippen molar-refractivity contribution in [3.8, 4) is 5.75 Å². The maximum absolute atomic E-state index is 9.23. The fraction of sp³-hybridized carbons (Fsp3) is 0.538. The van der Waals surface area contributed by atoms with Crippen LogP contribution in [-0.2, 0) is 16.1 Å². The molecule has 0 bridgehead atoms. The molecule has 0 unspecified atom stereocenters. The largest absolute Gasteiger partial charge is 0.492 e. The molecule has 0 saturated carbocycles. The average Bonchev–Trinajstić information content (AvgIpc) is 2.39. The zero-order valence-corrected chi connectivity index (χ0v) is 12.3. The minimum Gasteiger partial charge on any atom is -0.492 e. The van der Waals surface area contributed by atoms with Crippen molar-refractivity contribution in [3.05, 3.63) is 27.7 Å². The van der Waals surface area contributed by atoms with Gasteiger partial charge in [0, 0.05) is 30.7 Å². The van der Waals surface area contributed by atoms with Gasteiger partial charge < -0.3 is 19.3 Å². The molecule has 0 heterocycles. The highest BCUT2D eigenvalue weighted by Gasteiger charge is 2.09. The van der Waals surface area contributed by atoms with Gasteiger partial charge in [0.05, 0.1) is 31.5 Å². The van der Waals surface area contributed by atoms with E-state index in [-0.39, 0.29) is 6.61 Å². The summed E-state index contributed by atoms with van der Waals surface area (Å²) in [4.78, 5) is 0. The third kappa shape index (κ3) is 5.97. The molecule has 0 aliphatic rings. The number of aliphatic hydroxyl groups is 1. The number of benzene rings is 1. The van der Waals surface area contributed by atoms with Crippen molar-refractivity contribution >= 4 is 23.2 Å². The van der Waals surface area contributed by atoms with E-state index < -0.39 is 0 Å². The minimum atomic E-state index is -0.167. The van der Waals surface area contributed by atoms with E-state index in [1.807, 2.05) is 0 Å². The minimum absolute atomic E-state index is 0.167. The summed E-state index contributed by atoms with van der Waals surface area (Å²) in [6, 6.07) is 3.23. The second-order valence-electron chi connectivity index (χ2n) is 3.84. The summed E-state index contributed by atoms with van der Waals surface area (Å²) >= 11 is 11.9. The summed E-state index contributed by atoms with van der Waals surface area (Å²) in [5, 5.41) is 10.1. The Hall–Kier alpha value is -0.520. The molecule has 0 amide bonds. The van der Waals surface area contributed by atoms with Crippen LogP contribution in [0, 0.1) is 0 Å². The molecular formula is C13H18Cl2O4. The number of halogens is 2. The Morgan fingerprint density at radius 1 is 1.11 bits per heavy atom. The van der Waals surface area contributed by atoms with Gasteiger partial charge in [0.1, 0.15) is 5.75 Å². The summed E-state index contributed by atoms with van der Waals surface area (Å²) in [7, 11) is 1.63. The first-order valence-electron chi connectivity index (χ1n) is 5.97. The molecule has 0 aliphatic carbocycles. The van der Waals surface area contributed by atoms with Gasteiger partial charge in [-0.1, -0.05) is 23.2 Å². The molecule has 108 valence electrons. The molecule has 0 saturated heterocycles. The van der Waals surface area contributed by atoms with Gasteiger partial charge in [-0.3, -0.25) is 0 Å². The van der Waals surface area contributed by atoms with Gasteiger partial charge in [-0.2, -0.15) is 0 Å². The molecule has 1 N–H and O–H groups in total. The van der Waals surface area contributed by atoms with Crippen LogP contribution in [0.25, 0.3) is 0 Å². The molecule has 4 nitrogen and oxygen atoms in total. The number of methoxy groups -OCH3 is 1. The summed E-state index contributed by atoms with van der Waals surface area (Å²) in [5.74, 6) is 0.477. The normalized spacial score (nSPS) is 10.7. The van der Waals surface area contributed by atoms with Gasteiger partial charge in [0.25, 0.3) is 0 Å². The van der Waals surface area contributed by atoms with Gasteiger partial charge in [0.15, 0.2) is 0 Å². The van der Waals surface area contributed by atoms with Crippen LogP contribution in [0.1, 0.15) is 12.0 Å². The average molecular weight is 309 g/mol. The highest BCUT2D eigenvalue weighted by molar-refractivity contribution is 6.35. The van der Waals surface area contributed by atoms with Gasteiger partial charge in [-0.15, -0.1) is 0 Å². The van der Waals surface area contributed by atoms with Crippen LogP contribution in [-0.4, -0.2) is 38.6 Å². The lowest BCUT2D eigenvalue weighted by Gasteiger charge is -2.12. The molecule has 0 spiro atoms. The van der Waals surface area contributed by atoms with E-state index in [1.54, 1.807) is 19.2 Å². The highest BCUT2D eigenvalue weighted by atomic mass is 35.5. The second kappa shape index (κ2) is 9.39. The molecule has 0 fully saturated rings. The smallest absolute Gasteiger partial charge is 0.143 e. The number of aliphatic hydroxyl groups excluding tert-OH is 1.